The molecule has 4 heteroatoms. The van der Waals surface area contributed by atoms with Crippen LogP contribution in [0, 0.1) is 0 Å². The fourth-order valence-corrected chi connectivity index (χ4v) is 1.89. The summed E-state index contributed by atoms with van der Waals surface area (Å²) in [5, 5.41) is 3.47. The minimum atomic E-state index is 0.269. The lowest BCUT2D eigenvalue weighted by Crippen LogP contribution is -2.30. The van der Waals surface area contributed by atoms with Crippen LogP contribution < -0.4 is 5.32 Å². The minimum Gasteiger partial charge on any atom is -0.453 e. The topological polar surface area (TPSA) is 28.4 Å². The van der Waals surface area contributed by atoms with Crippen molar-refractivity contribution in [3.63, 3.8) is 0 Å². The van der Waals surface area contributed by atoms with Gasteiger partial charge < -0.3 is 14.6 Å². The summed E-state index contributed by atoms with van der Waals surface area (Å²) >= 11 is 3.32. The third kappa shape index (κ3) is 5.23. The predicted molar refractivity (Wildman–Crippen MR) is 75.2 cm³/mol. The number of rotatable bonds is 7. The van der Waals surface area contributed by atoms with Crippen molar-refractivity contribution in [1.82, 2.24) is 10.2 Å². The molecule has 0 fully saturated rings. The van der Waals surface area contributed by atoms with Gasteiger partial charge in [0.25, 0.3) is 0 Å². The Bertz CT molecular complexity index is 325. The highest BCUT2D eigenvalue weighted by Crippen LogP contribution is 2.19. The van der Waals surface area contributed by atoms with Gasteiger partial charge >= 0.3 is 0 Å². The van der Waals surface area contributed by atoms with Crippen molar-refractivity contribution in [2.24, 2.45) is 0 Å². The molecule has 1 heterocycles. The zero-order valence-electron chi connectivity index (χ0n) is 11.2. The molecule has 1 unspecified atom stereocenters. The Balaban J connectivity index is 2.19. The van der Waals surface area contributed by atoms with E-state index in [2.05, 4.69) is 54.0 Å². The molecule has 3 nitrogen and oxygen atoms in total. The molecule has 0 bridgehead atoms. The molecule has 0 aromatic carbocycles. The summed E-state index contributed by atoms with van der Waals surface area (Å²) in [5.41, 5.74) is 0. The molecular weight excluding hydrogens is 280 g/mol. The molecule has 0 aliphatic carbocycles. The Morgan fingerprint density at radius 3 is 2.59 bits per heavy atom. The van der Waals surface area contributed by atoms with Gasteiger partial charge in [0.1, 0.15) is 5.76 Å². The van der Waals surface area contributed by atoms with Crippen LogP contribution in [0.2, 0.25) is 0 Å². The Morgan fingerprint density at radius 2 is 2.06 bits per heavy atom. The maximum Gasteiger partial charge on any atom is 0.169 e. The van der Waals surface area contributed by atoms with E-state index in [1.54, 1.807) is 0 Å². The third-order valence-corrected chi connectivity index (χ3v) is 3.47. The molecular formula is C13H23BrN2O. The zero-order valence-corrected chi connectivity index (χ0v) is 12.8. The molecule has 0 aliphatic rings. The number of hydrogen-bond donors (Lipinski definition) is 1. The lowest BCUT2D eigenvalue weighted by Gasteiger charge is -2.21. The maximum absolute atomic E-state index is 5.51. The van der Waals surface area contributed by atoms with Gasteiger partial charge in [-0.15, -0.1) is 0 Å². The van der Waals surface area contributed by atoms with Crippen LogP contribution in [0.5, 0.6) is 0 Å². The van der Waals surface area contributed by atoms with E-state index in [1.807, 2.05) is 12.1 Å². The van der Waals surface area contributed by atoms with Crippen LogP contribution in [0.15, 0.2) is 21.2 Å². The van der Waals surface area contributed by atoms with E-state index in [-0.39, 0.29) is 6.04 Å². The van der Waals surface area contributed by atoms with Crippen LogP contribution in [0.25, 0.3) is 0 Å². The van der Waals surface area contributed by atoms with Crippen molar-refractivity contribution >= 4 is 15.9 Å². The lowest BCUT2D eigenvalue weighted by molar-refractivity contribution is 0.267. The van der Waals surface area contributed by atoms with Gasteiger partial charge in [0, 0.05) is 6.04 Å². The monoisotopic (exact) mass is 302 g/mol. The second kappa shape index (κ2) is 7.19. The quantitative estimate of drug-likeness (QED) is 0.782. The van der Waals surface area contributed by atoms with Crippen molar-refractivity contribution in [3.8, 4) is 0 Å². The normalized spacial score (nSPS) is 13.6. The average molecular weight is 303 g/mol. The first-order valence-electron chi connectivity index (χ1n) is 6.19. The van der Waals surface area contributed by atoms with Crippen LogP contribution in [0.1, 0.15) is 39.0 Å². The second-order valence-electron chi connectivity index (χ2n) is 4.75. The molecule has 1 rings (SSSR count). The minimum absolute atomic E-state index is 0.269. The number of nitrogens with zero attached hydrogens (tertiary/aromatic N) is 1. The van der Waals surface area contributed by atoms with Gasteiger partial charge in [-0.2, -0.15) is 0 Å². The fourth-order valence-electron chi connectivity index (χ4n) is 1.57. The molecule has 1 aromatic rings. The number of hydrogen-bond acceptors (Lipinski definition) is 3. The van der Waals surface area contributed by atoms with Crippen LogP contribution >= 0.6 is 15.9 Å². The summed E-state index contributed by atoms with van der Waals surface area (Å²) in [6.07, 6.45) is 1.15. The van der Waals surface area contributed by atoms with Gasteiger partial charge in [-0.05, 0) is 75.4 Å². The summed E-state index contributed by atoms with van der Waals surface area (Å²) in [6.45, 7) is 8.69. The molecule has 0 aliphatic heterocycles. The van der Waals surface area contributed by atoms with Crippen molar-refractivity contribution in [2.45, 2.75) is 39.3 Å². The largest absolute Gasteiger partial charge is 0.453 e. The molecule has 1 atom stereocenters. The van der Waals surface area contributed by atoms with Gasteiger partial charge in [0.2, 0.25) is 0 Å². The number of furan rings is 1. The molecule has 0 saturated heterocycles. The molecule has 0 spiro atoms. The third-order valence-electron chi connectivity index (χ3n) is 3.04. The van der Waals surface area contributed by atoms with E-state index >= 15 is 0 Å². The van der Waals surface area contributed by atoms with E-state index in [0.29, 0.717) is 6.04 Å². The summed E-state index contributed by atoms with van der Waals surface area (Å²) in [6, 6.07) is 4.82. The fraction of sp³-hybridized carbons (Fsp3) is 0.692. The summed E-state index contributed by atoms with van der Waals surface area (Å²) < 4.78 is 6.30. The van der Waals surface area contributed by atoms with Gasteiger partial charge in [0.15, 0.2) is 4.67 Å². The van der Waals surface area contributed by atoms with E-state index in [4.69, 9.17) is 4.42 Å². The van der Waals surface area contributed by atoms with E-state index in [1.165, 1.54) is 0 Å². The molecule has 0 amide bonds. The van der Waals surface area contributed by atoms with Crippen LogP contribution in [0.4, 0.5) is 0 Å². The summed E-state index contributed by atoms with van der Waals surface area (Å²) in [5.74, 6) is 0.981. The second-order valence-corrected chi connectivity index (χ2v) is 5.53. The molecule has 1 aromatic heterocycles. The van der Waals surface area contributed by atoms with Crippen molar-refractivity contribution in [1.29, 1.82) is 0 Å². The molecule has 0 radical (unpaired) electrons. The number of nitrogens with one attached hydrogen (secondary N) is 1. The van der Waals surface area contributed by atoms with E-state index in [9.17, 15) is 0 Å². The van der Waals surface area contributed by atoms with Crippen LogP contribution in [-0.2, 0) is 0 Å². The predicted octanol–water partition coefficient (Wildman–Crippen LogP) is 3.42. The molecule has 0 saturated carbocycles. The maximum atomic E-state index is 5.51. The van der Waals surface area contributed by atoms with Gasteiger partial charge in [-0.1, -0.05) is 0 Å². The van der Waals surface area contributed by atoms with Crippen molar-refractivity contribution in [3.05, 3.63) is 22.6 Å². The van der Waals surface area contributed by atoms with Crippen LogP contribution in [0.3, 0.4) is 0 Å². The smallest absolute Gasteiger partial charge is 0.169 e. The molecule has 17 heavy (non-hydrogen) atoms. The average Bonchev–Trinajstić information content (AvgIpc) is 2.70. The first kappa shape index (κ1) is 14.7. The van der Waals surface area contributed by atoms with Gasteiger partial charge in [-0.3, -0.25) is 0 Å². The van der Waals surface area contributed by atoms with Crippen molar-refractivity contribution in [2.75, 3.05) is 20.1 Å². The standard InChI is InChI=1S/C13H23BrN2O/c1-10(2)16(4)9-5-8-15-11(3)12-6-7-13(14)17-12/h6-7,10-11,15H,5,8-9H2,1-4H3. The first-order chi connectivity index (χ1) is 8.00. The van der Waals surface area contributed by atoms with Crippen molar-refractivity contribution < 1.29 is 4.42 Å². The van der Waals surface area contributed by atoms with Gasteiger partial charge in [0.05, 0.1) is 6.04 Å². The Kier molecular flexibility index (Phi) is 6.23. The summed E-state index contributed by atoms with van der Waals surface area (Å²) in [4.78, 5) is 2.36. The Morgan fingerprint density at radius 1 is 1.35 bits per heavy atom. The van der Waals surface area contributed by atoms with E-state index < -0.39 is 0 Å². The zero-order chi connectivity index (χ0) is 12.8. The van der Waals surface area contributed by atoms with Gasteiger partial charge in [-0.25, -0.2) is 0 Å². The number of halogens is 1. The molecule has 1 N–H and O–H groups in total. The molecule has 98 valence electrons. The highest BCUT2D eigenvalue weighted by molar-refractivity contribution is 9.10. The lowest BCUT2D eigenvalue weighted by atomic mass is 10.2. The highest BCUT2D eigenvalue weighted by atomic mass is 79.9. The first-order valence-corrected chi connectivity index (χ1v) is 6.99. The van der Waals surface area contributed by atoms with E-state index in [0.717, 1.165) is 29.9 Å². The SMILES string of the molecule is CC(NCCCN(C)C(C)C)c1ccc(Br)o1. The summed E-state index contributed by atoms with van der Waals surface area (Å²) in [7, 11) is 2.16. The Labute approximate surface area is 113 Å². The Hall–Kier alpha value is -0.320. The highest BCUT2D eigenvalue weighted by Gasteiger charge is 2.09. The van der Waals surface area contributed by atoms with Crippen LogP contribution in [-0.4, -0.2) is 31.1 Å².